The number of rotatable bonds is 4. The molecule has 1 aliphatic carbocycles. The Hall–Kier alpha value is -1.14. The maximum absolute atomic E-state index is 13.3. The summed E-state index contributed by atoms with van der Waals surface area (Å²) in [6.45, 7) is 1.87. The van der Waals surface area contributed by atoms with Crippen LogP contribution >= 0.6 is 0 Å². The minimum Gasteiger partial charge on any atom is -0.399 e. The molecule has 20 heavy (non-hydrogen) atoms. The fourth-order valence-corrected chi connectivity index (χ4v) is 4.16. The first kappa shape index (κ1) is 15.3. The van der Waals surface area contributed by atoms with E-state index in [2.05, 4.69) is 4.72 Å². The van der Waals surface area contributed by atoms with E-state index in [0.29, 0.717) is 5.92 Å². The summed E-state index contributed by atoms with van der Waals surface area (Å²) in [4.78, 5) is -0.113. The van der Waals surface area contributed by atoms with E-state index in [-0.39, 0.29) is 16.6 Å². The molecule has 1 saturated carbocycles. The van der Waals surface area contributed by atoms with Gasteiger partial charge in [-0.15, -0.1) is 0 Å². The minimum absolute atomic E-state index is 0.107. The van der Waals surface area contributed by atoms with E-state index in [9.17, 15) is 12.8 Å². The number of benzene rings is 1. The highest BCUT2D eigenvalue weighted by Gasteiger charge is 2.25. The lowest BCUT2D eigenvalue weighted by Gasteiger charge is -2.28. The van der Waals surface area contributed by atoms with Gasteiger partial charge in [-0.2, -0.15) is 0 Å². The highest BCUT2D eigenvalue weighted by Crippen LogP contribution is 2.27. The van der Waals surface area contributed by atoms with Crippen LogP contribution in [0.3, 0.4) is 0 Å². The van der Waals surface area contributed by atoms with Crippen molar-refractivity contribution in [3.05, 3.63) is 24.0 Å². The molecule has 112 valence electrons. The van der Waals surface area contributed by atoms with Crippen LogP contribution in [0.5, 0.6) is 0 Å². The Kier molecular flexibility index (Phi) is 4.65. The third kappa shape index (κ3) is 3.70. The number of anilines is 1. The summed E-state index contributed by atoms with van der Waals surface area (Å²) in [6, 6.07) is 3.22. The summed E-state index contributed by atoms with van der Waals surface area (Å²) < 4.78 is 40.4. The smallest absolute Gasteiger partial charge is 0.240 e. The molecule has 1 aliphatic rings. The van der Waals surface area contributed by atoms with Crippen LogP contribution in [0.1, 0.15) is 39.0 Å². The Labute approximate surface area is 119 Å². The molecule has 4 nitrogen and oxygen atoms in total. The number of sulfonamides is 1. The average Bonchev–Trinajstić information content (AvgIpc) is 2.38. The van der Waals surface area contributed by atoms with Crippen LogP contribution in [0.25, 0.3) is 0 Å². The van der Waals surface area contributed by atoms with Gasteiger partial charge in [-0.25, -0.2) is 17.5 Å². The molecule has 0 bridgehead atoms. The van der Waals surface area contributed by atoms with Crippen molar-refractivity contribution < 1.29 is 12.8 Å². The van der Waals surface area contributed by atoms with Gasteiger partial charge in [0.15, 0.2) is 0 Å². The summed E-state index contributed by atoms with van der Waals surface area (Å²) in [5.41, 5.74) is 5.60. The Morgan fingerprint density at radius 1 is 1.25 bits per heavy atom. The van der Waals surface area contributed by atoms with Crippen molar-refractivity contribution in [2.75, 3.05) is 5.73 Å². The zero-order valence-corrected chi connectivity index (χ0v) is 12.4. The predicted octanol–water partition coefficient (Wildman–Crippen LogP) is 2.66. The van der Waals surface area contributed by atoms with Crippen LogP contribution in [-0.4, -0.2) is 14.5 Å². The van der Waals surface area contributed by atoms with E-state index in [1.54, 1.807) is 0 Å². The molecular weight excluding hydrogens is 279 g/mol. The van der Waals surface area contributed by atoms with E-state index >= 15 is 0 Å². The first-order valence-corrected chi connectivity index (χ1v) is 8.45. The maximum Gasteiger partial charge on any atom is 0.240 e. The SMILES string of the molecule is CC(NS(=O)(=O)c1cc(N)cc(F)c1)C1CCCCC1. The Bertz CT molecular complexity index is 548. The molecule has 0 radical (unpaired) electrons. The molecule has 3 N–H and O–H groups in total. The van der Waals surface area contributed by atoms with Gasteiger partial charge in [-0.05, 0) is 43.9 Å². The van der Waals surface area contributed by atoms with Crippen molar-refractivity contribution in [2.24, 2.45) is 5.92 Å². The average molecular weight is 300 g/mol. The van der Waals surface area contributed by atoms with Crippen LogP contribution in [0, 0.1) is 11.7 Å². The maximum atomic E-state index is 13.3. The van der Waals surface area contributed by atoms with Gasteiger partial charge in [0, 0.05) is 11.7 Å². The number of nitrogens with two attached hydrogens (primary N) is 1. The van der Waals surface area contributed by atoms with E-state index in [4.69, 9.17) is 5.73 Å². The molecule has 0 heterocycles. The molecule has 2 rings (SSSR count). The van der Waals surface area contributed by atoms with Gasteiger partial charge in [-0.1, -0.05) is 19.3 Å². The van der Waals surface area contributed by atoms with Crippen molar-refractivity contribution in [1.29, 1.82) is 0 Å². The molecule has 1 atom stereocenters. The number of hydrogen-bond acceptors (Lipinski definition) is 3. The molecule has 1 aromatic rings. The number of halogens is 1. The largest absolute Gasteiger partial charge is 0.399 e. The topological polar surface area (TPSA) is 72.2 Å². The van der Waals surface area contributed by atoms with Crippen LogP contribution in [0.4, 0.5) is 10.1 Å². The summed E-state index contributed by atoms with van der Waals surface area (Å²) in [5.74, 6) is -0.292. The van der Waals surface area contributed by atoms with E-state index in [1.165, 1.54) is 12.5 Å². The van der Waals surface area contributed by atoms with Gasteiger partial charge >= 0.3 is 0 Å². The molecule has 6 heteroatoms. The highest BCUT2D eigenvalue weighted by atomic mass is 32.2. The van der Waals surface area contributed by atoms with E-state index in [0.717, 1.165) is 37.8 Å². The molecule has 1 fully saturated rings. The van der Waals surface area contributed by atoms with Crippen molar-refractivity contribution >= 4 is 15.7 Å². The Morgan fingerprint density at radius 2 is 1.90 bits per heavy atom. The Morgan fingerprint density at radius 3 is 2.50 bits per heavy atom. The van der Waals surface area contributed by atoms with Gasteiger partial charge in [0.1, 0.15) is 5.82 Å². The molecular formula is C14H21FN2O2S. The molecule has 0 aliphatic heterocycles. The normalized spacial score (nSPS) is 18.9. The number of hydrogen-bond donors (Lipinski definition) is 2. The monoisotopic (exact) mass is 300 g/mol. The van der Waals surface area contributed by atoms with Crippen molar-refractivity contribution in [1.82, 2.24) is 4.72 Å². The molecule has 0 saturated heterocycles. The fourth-order valence-electron chi connectivity index (χ4n) is 2.78. The lowest BCUT2D eigenvalue weighted by atomic mass is 9.85. The molecule has 0 aromatic heterocycles. The highest BCUT2D eigenvalue weighted by molar-refractivity contribution is 7.89. The zero-order chi connectivity index (χ0) is 14.8. The van der Waals surface area contributed by atoms with E-state index < -0.39 is 15.8 Å². The summed E-state index contributed by atoms with van der Waals surface area (Å²) >= 11 is 0. The molecule has 1 unspecified atom stereocenters. The summed E-state index contributed by atoms with van der Waals surface area (Å²) in [5, 5.41) is 0. The first-order chi connectivity index (χ1) is 9.38. The van der Waals surface area contributed by atoms with Crippen LogP contribution in [0.2, 0.25) is 0 Å². The summed E-state index contributed by atoms with van der Waals surface area (Å²) in [6.07, 6.45) is 5.58. The molecule has 0 spiro atoms. The molecule has 1 aromatic carbocycles. The van der Waals surface area contributed by atoms with Gasteiger partial charge in [0.2, 0.25) is 10.0 Å². The second-order valence-corrected chi connectivity index (χ2v) is 7.24. The Balaban J connectivity index is 2.13. The van der Waals surface area contributed by atoms with E-state index in [1.807, 2.05) is 6.92 Å². The minimum atomic E-state index is -3.72. The second-order valence-electron chi connectivity index (χ2n) is 5.53. The lowest BCUT2D eigenvalue weighted by Crippen LogP contribution is -2.38. The van der Waals surface area contributed by atoms with Crippen LogP contribution in [-0.2, 0) is 10.0 Å². The standard InChI is InChI=1S/C14H21FN2O2S/c1-10(11-5-3-2-4-6-11)17-20(18,19)14-8-12(15)7-13(16)9-14/h7-11,17H,2-6,16H2,1H3. The van der Waals surface area contributed by atoms with Gasteiger partial charge in [0.25, 0.3) is 0 Å². The van der Waals surface area contributed by atoms with Gasteiger partial charge in [-0.3, -0.25) is 0 Å². The van der Waals surface area contributed by atoms with Crippen molar-refractivity contribution in [3.63, 3.8) is 0 Å². The van der Waals surface area contributed by atoms with Crippen LogP contribution in [0.15, 0.2) is 23.1 Å². The first-order valence-electron chi connectivity index (χ1n) is 6.97. The van der Waals surface area contributed by atoms with Crippen molar-refractivity contribution in [3.8, 4) is 0 Å². The third-order valence-corrected chi connectivity index (χ3v) is 5.44. The van der Waals surface area contributed by atoms with Gasteiger partial charge < -0.3 is 5.73 Å². The predicted molar refractivity (Wildman–Crippen MR) is 77.2 cm³/mol. The third-order valence-electron chi connectivity index (χ3n) is 3.90. The van der Waals surface area contributed by atoms with Crippen molar-refractivity contribution in [2.45, 2.75) is 50.0 Å². The van der Waals surface area contributed by atoms with Crippen LogP contribution < -0.4 is 10.5 Å². The zero-order valence-electron chi connectivity index (χ0n) is 11.6. The quantitative estimate of drug-likeness (QED) is 0.840. The number of nitrogens with one attached hydrogen (secondary N) is 1. The lowest BCUT2D eigenvalue weighted by molar-refractivity contribution is 0.303. The number of nitrogen functional groups attached to an aromatic ring is 1. The second kappa shape index (κ2) is 6.10. The fraction of sp³-hybridized carbons (Fsp3) is 0.571. The summed E-state index contributed by atoms with van der Waals surface area (Å²) in [7, 11) is -3.72. The molecule has 0 amide bonds. The van der Waals surface area contributed by atoms with Gasteiger partial charge in [0.05, 0.1) is 4.90 Å².